The molecule has 6 heteroatoms. The molecule has 122 valence electrons. The summed E-state index contributed by atoms with van der Waals surface area (Å²) in [5, 5.41) is 5.22. The highest BCUT2D eigenvalue weighted by atomic mass is 16.6. The Morgan fingerprint density at radius 3 is 2.38 bits per heavy atom. The van der Waals surface area contributed by atoms with Crippen molar-refractivity contribution >= 4 is 18.0 Å². The molecule has 2 aliphatic carbocycles. The Labute approximate surface area is 138 Å². The number of imide groups is 1. The summed E-state index contributed by atoms with van der Waals surface area (Å²) in [4.78, 5) is 25.1. The van der Waals surface area contributed by atoms with E-state index >= 15 is 0 Å². The minimum Gasteiger partial charge on any atom is -0.486 e. The first-order chi connectivity index (χ1) is 11.7. The van der Waals surface area contributed by atoms with Crippen LogP contribution in [0.5, 0.6) is 11.5 Å². The zero-order chi connectivity index (χ0) is 16.3. The highest BCUT2D eigenvalue weighted by Crippen LogP contribution is 2.52. The molecule has 24 heavy (non-hydrogen) atoms. The minimum absolute atomic E-state index is 0.171. The maximum Gasteiger partial charge on any atom is 0.254 e. The molecule has 6 nitrogen and oxygen atoms in total. The Kier molecular flexibility index (Phi) is 2.83. The number of carbonyl (C=O) groups excluding carboxylic acids is 2. The van der Waals surface area contributed by atoms with Crippen LogP contribution >= 0.6 is 0 Å². The van der Waals surface area contributed by atoms with Gasteiger partial charge in [-0.15, -0.1) is 0 Å². The predicted octanol–water partition coefficient (Wildman–Crippen LogP) is 1.60. The molecule has 0 radical (unpaired) electrons. The molecule has 1 saturated heterocycles. The van der Waals surface area contributed by atoms with Crippen LogP contribution in [0.2, 0.25) is 0 Å². The van der Waals surface area contributed by atoms with Gasteiger partial charge in [-0.1, -0.05) is 12.2 Å². The second-order valence-corrected chi connectivity index (χ2v) is 6.64. The number of ether oxygens (including phenoxy) is 2. The van der Waals surface area contributed by atoms with Crippen molar-refractivity contribution < 1.29 is 19.1 Å². The van der Waals surface area contributed by atoms with Gasteiger partial charge in [0.05, 0.1) is 18.1 Å². The second kappa shape index (κ2) is 4.93. The van der Waals surface area contributed by atoms with Gasteiger partial charge in [-0.2, -0.15) is 10.1 Å². The Balaban J connectivity index is 1.39. The third kappa shape index (κ3) is 1.85. The smallest absolute Gasteiger partial charge is 0.254 e. The fourth-order valence-corrected chi connectivity index (χ4v) is 4.27. The number of hydrogen-bond donors (Lipinski definition) is 0. The van der Waals surface area contributed by atoms with Crippen LogP contribution in [0.3, 0.4) is 0 Å². The number of rotatable bonds is 2. The first-order valence-electron chi connectivity index (χ1n) is 8.22. The maximum atomic E-state index is 12.6. The fraction of sp³-hybridized carbons (Fsp3) is 0.389. The molecule has 2 bridgehead atoms. The number of allylic oxidation sites excluding steroid dienone is 2. The topological polar surface area (TPSA) is 68.2 Å². The van der Waals surface area contributed by atoms with Crippen LogP contribution in [-0.4, -0.2) is 36.3 Å². The Hall–Kier alpha value is -2.63. The van der Waals surface area contributed by atoms with Crippen molar-refractivity contribution in [1.82, 2.24) is 5.01 Å². The summed E-state index contributed by atoms with van der Waals surface area (Å²) in [5.74, 6) is 0.977. The lowest BCUT2D eigenvalue weighted by Gasteiger charge is -2.18. The Morgan fingerprint density at radius 2 is 1.67 bits per heavy atom. The summed E-state index contributed by atoms with van der Waals surface area (Å²) in [6.45, 7) is 1.05. The third-order valence-electron chi connectivity index (χ3n) is 5.34. The van der Waals surface area contributed by atoms with Gasteiger partial charge in [0.15, 0.2) is 11.5 Å². The van der Waals surface area contributed by atoms with Crippen LogP contribution < -0.4 is 9.47 Å². The molecule has 4 unspecified atom stereocenters. The number of fused-ring (bicyclic) bond motifs is 6. The zero-order valence-corrected chi connectivity index (χ0v) is 12.9. The largest absolute Gasteiger partial charge is 0.486 e. The van der Waals surface area contributed by atoms with Gasteiger partial charge in [0, 0.05) is 0 Å². The van der Waals surface area contributed by atoms with Gasteiger partial charge in [0.1, 0.15) is 13.2 Å². The molecule has 0 spiro atoms. The highest BCUT2D eigenvalue weighted by Gasteiger charge is 2.59. The monoisotopic (exact) mass is 324 g/mol. The average Bonchev–Trinajstić information content (AvgIpc) is 3.28. The summed E-state index contributed by atoms with van der Waals surface area (Å²) < 4.78 is 11.0. The van der Waals surface area contributed by atoms with Crippen molar-refractivity contribution in [2.24, 2.45) is 28.8 Å². The standard InChI is InChI=1S/C18H16N2O4/c21-17-15-11-2-3-12(8-11)16(15)18(22)20(17)19-9-10-1-4-13-14(7-10)24-6-5-23-13/h1-4,7,9,11-12,15-16H,5-6,8H2. The number of hydrazone groups is 1. The molecule has 5 rings (SSSR count). The molecule has 1 aromatic rings. The minimum atomic E-state index is -0.218. The van der Waals surface area contributed by atoms with E-state index in [1.165, 1.54) is 6.21 Å². The van der Waals surface area contributed by atoms with E-state index in [4.69, 9.17) is 9.47 Å². The number of benzene rings is 1. The van der Waals surface area contributed by atoms with Crippen LogP contribution in [0.1, 0.15) is 12.0 Å². The molecular formula is C18H16N2O4. The van der Waals surface area contributed by atoms with Gasteiger partial charge in [-0.3, -0.25) is 9.59 Å². The quantitative estimate of drug-likeness (QED) is 0.471. The van der Waals surface area contributed by atoms with Gasteiger partial charge in [-0.25, -0.2) is 0 Å². The zero-order valence-electron chi connectivity index (χ0n) is 12.9. The summed E-state index contributed by atoms with van der Waals surface area (Å²) in [5.41, 5.74) is 0.762. The Morgan fingerprint density at radius 1 is 1.00 bits per heavy atom. The number of nitrogens with zero attached hydrogens (tertiary/aromatic N) is 2. The van der Waals surface area contributed by atoms with E-state index in [1.807, 2.05) is 12.1 Å². The number of carbonyl (C=O) groups is 2. The molecule has 2 amide bonds. The summed E-state index contributed by atoms with van der Waals surface area (Å²) in [6, 6.07) is 5.44. The van der Waals surface area contributed by atoms with Crippen molar-refractivity contribution in [3.8, 4) is 11.5 Å². The maximum absolute atomic E-state index is 12.6. The van der Waals surface area contributed by atoms with Crippen molar-refractivity contribution in [2.45, 2.75) is 6.42 Å². The lowest BCUT2D eigenvalue weighted by atomic mass is 9.85. The van der Waals surface area contributed by atoms with E-state index < -0.39 is 0 Å². The third-order valence-corrected chi connectivity index (χ3v) is 5.34. The second-order valence-electron chi connectivity index (χ2n) is 6.64. The van der Waals surface area contributed by atoms with Gasteiger partial charge in [-0.05, 0) is 42.0 Å². The summed E-state index contributed by atoms with van der Waals surface area (Å²) >= 11 is 0. The van der Waals surface area contributed by atoms with E-state index in [0.717, 1.165) is 17.0 Å². The van der Waals surface area contributed by atoms with Crippen molar-refractivity contribution in [2.75, 3.05) is 13.2 Å². The van der Waals surface area contributed by atoms with E-state index in [2.05, 4.69) is 17.3 Å². The van der Waals surface area contributed by atoms with Crippen molar-refractivity contribution in [1.29, 1.82) is 0 Å². The predicted molar refractivity (Wildman–Crippen MR) is 84.6 cm³/mol. The fourth-order valence-electron chi connectivity index (χ4n) is 4.27. The van der Waals surface area contributed by atoms with Crippen molar-refractivity contribution in [3.05, 3.63) is 35.9 Å². The molecule has 2 fully saturated rings. The number of amides is 2. The molecule has 2 heterocycles. The van der Waals surface area contributed by atoms with E-state index in [1.54, 1.807) is 6.07 Å². The molecule has 0 aromatic heterocycles. The van der Waals surface area contributed by atoms with Gasteiger partial charge in [0.2, 0.25) is 0 Å². The summed E-state index contributed by atoms with van der Waals surface area (Å²) in [6.07, 6.45) is 6.60. The average molecular weight is 324 g/mol. The molecular weight excluding hydrogens is 308 g/mol. The molecule has 4 atom stereocenters. The molecule has 4 aliphatic rings. The van der Waals surface area contributed by atoms with Crippen LogP contribution in [0.4, 0.5) is 0 Å². The van der Waals surface area contributed by atoms with Crippen molar-refractivity contribution in [3.63, 3.8) is 0 Å². The normalized spacial score (nSPS) is 32.9. The molecule has 1 aromatic carbocycles. The lowest BCUT2D eigenvalue weighted by molar-refractivity contribution is -0.140. The lowest BCUT2D eigenvalue weighted by Crippen LogP contribution is -2.28. The van der Waals surface area contributed by atoms with E-state index in [9.17, 15) is 9.59 Å². The molecule has 2 aliphatic heterocycles. The highest BCUT2D eigenvalue weighted by molar-refractivity contribution is 6.06. The van der Waals surface area contributed by atoms with Crippen LogP contribution in [0, 0.1) is 23.7 Å². The van der Waals surface area contributed by atoms with Crippen LogP contribution in [0.15, 0.2) is 35.5 Å². The first-order valence-corrected chi connectivity index (χ1v) is 8.22. The van der Waals surface area contributed by atoms with Crippen LogP contribution in [0.25, 0.3) is 0 Å². The summed E-state index contributed by atoms with van der Waals surface area (Å²) in [7, 11) is 0. The van der Waals surface area contributed by atoms with Gasteiger partial charge < -0.3 is 9.47 Å². The van der Waals surface area contributed by atoms with E-state index in [0.29, 0.717) is 24.7 Å². The van der Waals surface area contributed by atoms with E-state index in [-0.39, 0.29) is 35.5 Å². The first kappa shape index (κ1) is 13.8. The van der Waals surface area contributed by atoms with Gasteiger partial charge >= 0.3 is 0 Å². The van der Waals surface area contributed by atoms with Crippen LogP contribution in [-0.2, 0) is 9.59 Å². The Bertz CT molecular complexity index is 770. The van der Waals surface area contributed by atoms with Gasteiger partial charge in [0.25, 0.3) is 11.8 Å². The molecule has 0 N–H and O–H groups in total. The SMILES string of the molecule is O=C1C2C3C=CC(C3)C2C(=O)N1N=Cc1ccc2c(c1)OCCO2. The molecule has 1 saturated carbocycles. The number of hydrogen-bond acceptors (Lipinski definition) is 5.